The van der Waals surface area contributed by atoms with E-state index in [0.29, 0.717) is 0 Å². The van der Waals surface area contributed by atoms with Gasteiger partial charge in [-0.05, 0) is 59.7 Å². The molecule has 0 amide bonds. The van der Waals surface area contributed by atoms with Crippen molar-refractivity contribution in [3.63, 3.8) is 0 Å². The lowest BCUT2D eigenvalue weighted by atomic mass is 9.94. The molecule has 0 N–H and O–H groups in total. The molecule has 0 aliphatic rings. The first-order valence-electron chi connectivity index (χ1n) is 13.3. The molecule has 0 aliphatic heterocycles. The summed E-state index contributed by atoms with van der Waals surface area (Å²) < 4.78 is 12.0. The third-order valence-corrected chi connectivity index (χ3v) is 6.42. The van der Waals surface area contributed by atoms with Crippen LogP contribution in [0, 0.1) is 0 Å². The zero-order valence-corrected chi connectivity index (χ0v) is 21.4. The van der Waals surface area contributed by atoms with Gasteiger partial charge in [0.15, 0.2) is 0 Å². The second-order valence-electron chi connectivity index (χ2n) is 9.17. The van der Waals surface area contributed by atoms with Gasteiger partial charge in [0.25, 0.3) is 0 Å². The number of hydrogen-bond donors (Lipinski definition) is 0. The van der Waals surface area contributed by atoms with Gasteiger partial charge in [-0.15, -0.1) is 0 Å². The summed E-state index contributed by atoms with van der Waals surface area (Å²) in [5.41, 5.74) is 6.15. The van der Waals surface area contributed by atoms with Gasteiger partial charge in [-0.2, -0.15) is 0 Å². The van der Waals surface area contributed by atoms with Crippen LogP contribution >= 0.6 is 0 Å². The largest absolute Gasteiger partial charge is 0.494 e. The van der Waals surface area contributed by atoms with Crippen LogP contribution in [0.15, 0.2) is 72.8 Å². The molecule has 2 nitrogen and oxygen atoms in total. The highest BCUT2D eigenvalue weighted by molar-refractivity contribution is 5.83. The normalized spacial score (nSPS) is 12.0. The van der Waals surface area contributed by atoms with Crippen molar-refractivity contribution in [2.75, 3.05) is 13.2 Å². The Hall–Kier alpha value is -2.58. The lowest BCUT2D eigenvalue weighted by Crippen LogP contribution is -2.01. The molecule has 0 fully saturated rings. The summed E-state index contributed by atoms with van der Waals surface area (Å²) in [6, 6.07) is 26.0. The van der Waals surface area contributed by atoms with Crippen LogP contribution in [0.2, 0.25) is 0 Å². The Morgan fingerprint density at radius 3 is 1.74 bits per heavy atom. The minimum atomic E-state index is 0.125. The van der Waals surface area contributed by atoms with E-state index in [9.17, 15) is 0 Å². The van der Waals surface area contributed by atoms with E-state index in [1.165, 1.54) is 66.3 Å². The summed E-state index contributed by atoms with van der Waals surface area (Å²) in [6.07, 6.45) is 10.0. The number of rotatable bonds is 15. The van der Waals surface area contributed by atoms with Crippen LogP contribution in [0.25, 0.3) is 22.3 Å². The summed E-state index contributed by atoms with van der Waals surface area (Å²) in [5.74, 6) is 0.953. The maximum atomic E-state index is 6.02. The fourth-order valence-corrected chi connectivity index (χ4v) is 4.26. The highest BCUT2D eigenvalue weighted by atomic mass is 16.5. The Bertz CT molecular complexity index is 944. The molecule has 0 saturated carbocycles. The van der Waals surface area contributed by atoms with Crippen molar-refractivity contribution in [1.29, 1.82) is 0 Å². The molecule has 0 aromatic heterocycles. The average molecular weight is 459 g/mol. The molecule has 0 heterocycles. The van der Waals surface area contributed by atoms with Crippen molar-refractivity contribution >= 4 is 0 Å². The Morgan fingerprint density at radius 1 is 0.588 bits per heavy atom. The summed E-state index contributed by atoms with van der Waals surface area (Å²) in [4.78, 5) is 0. The van der Waals surface area contributed by atoms with Gasteiger partial charge < -0.3 is 9.47 Å². The smallest absolute Gasteiger partial charge is 0.119 e. The van der Waals surface area contributed by atoms with Crippen LogP contribution in [-0.4, -0.2) is 13.2 Å². The van der Waals surface area contributed by atoms with Gasteiger partial charge in [0.1, 0.15) is 5.75 Å². The van der Waals surface area contributed by atoms with Crippen molar-refractivity contribution in [1.82, 2.24) is 0 Å². The molecule has 1 unspecified atom stereocenters. The van der Waals surface area contributed by atoms with E-state index < -0.39 is 0 Å². The Balaban J connectivity index is 1.63. The maximum absolute atomic E-state index is 6.02. The second-order valence-corrected chi connectivity index (χ2v) is 9.17. The minimum absolute atomic E-state index is 0.125. The molecule has 3 rings (SSSR count). The van der Waals surface area contributed by atoms with Crippen molar-refractivity contribution in [2.24, 2.45) is 0 Å². The lowest BCUT2D eigenvalue weighted by Gasteiger charge is -2.15. The summed E-state index contributed by atoms with van der Waals surface area (Å²) >= 11 is 0. The van der Waals surface area contributed by atoms with Gasteiger partial charge in [0, 0.05) is 6.61 Å². The van der Waals surface area contributed by atoms with Gasteiger partial charge in [-0.1, -0.05) is 113 Å². The summed E-state index contributed by atoms with van der Waals surface area (Å²) in [7, 11) is 0. The Morgan fingerprint density at radius 2 is 1.12 bits per heavy atom. The summed E-state index contributed by atoms with van der Waals surface area (Å²) in [6.45, 7) is 8.24. The zero-order valence-electron chi connectivity index (χ0n) is 21.4. The van der Waals surface area contributed by atoms with Crippen LogP contribution in [0.1, 0.15) is 83.8 Å². The van der Waals surface area contributed by atoms with E-state index >= 15 is 0 Å². The zero-order chi connectivity index (χ0) is 24.0. The topological polar surface area (TPSA) is 18.5 Å². The van der Waals surface area contributed by atoms with Gasteiger partial charge in [0.05, 0.1) is 12.7 Å². The number of hydrogen-bond acceptors (Lipinski definition) is 2. The molecule has 2 heteroatoms. The van der Waals surface area contributed by atoms with Gasteiger partial charge in [-0.3, -0.25) is 0 Å². The first-order chi connectivity index (χ1) is 16.7. The molecule has 182 valence electrons. The van der Waals surface area contributed by atoms with Gasteiger partial charge in [-0.25, -0.2) is 0 Å². The maximum Gasteiger partial charge on any atom is 0.119 e. The highest BCUT2D eigenvalue weighted by Crippen LogP contribution is 2.33. The number of ether oxygens (including phenoxy) is 2. The molecule has 0 saturated heterocycles. The molecule has 0 aliphatic carbocycles. The third kappa shape index (κ3) is 8.02. The van der Waals surface area contributed by atoms with Crippen molar-refractivity contribution < 1.29 is 9.47 Å². The molecule has 0 bridgehead atoms. The van der Waals surface area contributed by atoms with Crippen molar-refractivity contribution in [3.8, 4) is 28.0 Å². The molecular weight excluding hydrogens is 416 g/mol. The van der Waals surface area contributed by atoms with Crippen molar-refractivity contribution in [2.45, 2.75) is 78.2 Å². The van der Waals surface area contributed by atoms with Gasteiger partial charge in [0.2, 0.25) is 0 Å². The molecule has 3 aromatic rings. The average Bonchev–Trinajstić information content (AvgIpc) is 2.89. The van der Waals surface area contributed by atoms with Crippen LogP contribution in [0.5, 0.6) is 5.75 Å². The van der Waals surface area contributed by atoms with Crippen LogP contribution in [0.3, 0.4) is 0 Å². The predicted octanol–water partition coefficient (Wildman–Crippen LogP) is 9.64. The van der Waals surface area contributed by atoms with E-state index in [1.54, 1.807) is 0 Å². The molecular formula is C32H42O2. The molecule has 1 atom stereocenters. The quantitative estimate of drug-likeness (QED) is 0.211. The van der Waals surface area contributed by atoms with E-state index in [-0.39, 0.29) is 6.10 Å². The first-order valence-corrected chi connectivity index (χ1v) is 13.3. The first kappa shape index (κ1) is 26.0. The Labute approximate surface area is 207 Å². The van der Waals surface area contributed by atoms with Crippen LogP contribution < -0.4 is 4.74 Å². The third-order valence-electron chi connectivity index (χ3n) is 6.42. The number of unbranched alkanes of at least 4 members (excludes halogenated alkanes) is 6. The molecule has 34 heavy (non-hydrogen) atoms. The molecule has 3 aromatic carbocycles. The number of benzene rings is 3. The highest BCUT2D eigenvalue weighted by Gasteiger charge is 2.10. The lowest BCUT2D eigenvalue weighted by molar-refractivity contribution is 0.0630. The van der Waals surface area contributed by atoms with Crippen molar-refractivity contribution in [3.05, 3.63) is 78.4 Å². The summed E-state index contributed by atoms with van der Waals surface area (Å²) in [5, 5.41) is 0. The standard InChI is InChI=1S/C32H42O2/c1-4-6-8-9-13-25-34-30-22-20-29(21-23-30)32-15-11-10-14-31(32)28-18-16-27(17-19-28)26(3)33-24-12-7-5-2/h10-11,14-23,26H,4-9,12-13,24-25H2,1-3H3. The van der Waals surface area contributed by atoms with Gasteiger partial charge >= 0.3 is 0 Å². The van der Waals surface area contributed by atoms with Crippen LogP contribution in [0.4, 0.5) is 0 Å². The van der Waals surface area contributed by atoms with E-state index in [1.807, 2.05) is 0 Å². The van der Waals surface area contributed by atoms with E-state index in [4.69, 9.17) is 9.47 Å². The fraction of sp³-hybridized carbons (Fsp3) is 0.438. The molecule has 0 radical (unpaired) electrons. The van der Waals surface area contributed by atoms with E-state index in [2.05, 4.69) is 93.6 Å². The Kier molecular flexibility index (Phi) is 11.2. The SMILES string of the molecule is CCCCCCCOc1ccc(-c2ccccc2-c2ccc(C(C)OCCCCC)cc2)cc1. The minimum Gasteiger partial charge on any atom is -0.494 e. The fourth-order valence-electron chi connectivity index (χ4n) is 4.26. The molecule has 0 spiro atoms. The predicted molar refractivity (Wildman–Crippen MR) is 145 cm³/mol. The van der Waals surface area contributed by atoms with Crippen LogP contribution in [-0.2, 0) is 4.74 Å². The second kappa shape index (κ2) is 14.6. The monoisotopic (exact) mass is 458 g/mol. The van der Waals surface area contributed by atoms with E-state index in [0.717, 1.165) is 31.8 Å².